The lowest BCUT2D eigenvalue weighted by molar-refractivity contribution is 0.0556. The molecule has 0 spiro atoms. The van der Waals surface area contributed by atoms with Crippen LogP contribution in [0, 0.1) is 0 Å². The number of anilines is 1. The van der Waals surface area contributed by atoms with Crippen LogP contribution in [0.3, 0.4) is 0 Å². The van der Waals surface area contributed by atoms with Crippen molar-refractivity contribution in [3.8, 4) is 22.4 Å². The maximum Gasteiger partial charge on any atom is 0.292 e. The molecule has 0 radical (unpaired) electrons. The van der Waals surface area contributed by atoms with Crippen molar-refractivity contribution in [1.29, 1.82) is 0 Å². The number of amides is 1. The second-order valence-electron chi connectivity index (χ2n) is 11.2. The summed E-state index contributed by atoms with van der Waals surface area (Å²) in [6.45, 7) is 1.82. The predicted octanol–water partition coefficient (Wildman–Crippen LogP) is 3.89. The van der Waals surface area contributed by atoms with Gasteiger partial charge >= 0.3 is 0 Å². The number of fused-ring (bicyclic) bond motifs is 3. The van der Waals surface area contributed by atoms with Crippen molar-refractivity contribution in [2.75, 3.05) is 11.5 Å². The molecule has 1 aromatic carbocycles. The molecule has 0 aliphatic carbocycles. The van der Waals surface area contributed by atoms with Crippen molar-refractivity contribution < 1.29 is 13.2 Å². The van der Waals surface area contributed by atoms with Crippen LogP contribution in [0.5, 0.6) is 0 Å². The summed E-state index contributed by atoms with van der Waals surface area (Å²) in [7, 11) is -3.75. The monoisotopic (exact) mass is 597 g/mol. The first-order valence-corrected chi connectivity index (χ1v) is 16.1. The van der Waals surface area contributed by atoms with Gasteiger partial charge in [-0.1, -0.05) is 43.3 Å². The second kappa shape index (κ2) is 10.6. The number of carbonyl (C=O) groups is 1. The number of aromatic amines is 1. The van der Waals surface area contributed by atoms with E-state index >= 15 is 0 Å². The zero-order valence-corrected chi connectivity index (χ0v) is 24.4. The molecule has 2 unspecified atom stereocenters. The number of benzene rings is 1. The number of hydrogen-bond acceptors (Lipinski definition) is 9. The lowest BCUT2D eigenvalue weighted by atomic mass is 9.87. The lowest BCUT2D eigenvalue weighted by Gasteiger charge is -2.38. The zero-order valence-electron chi connectivity index (χ0n) is 23.6. The fourth-order valence-electron chi connectivity index (χ4n) is 6.68. The molecule has 1 amide bonds. The number of rotatable bonds is 7. The molecule has 13 heteroatoms. The molecule has 2 aliphatic rings. The summed E-state index contributed by atoms with van der Waals surface area (Å²) in [5.41, 5.74) is 10.9. The number of nitrogens with zero attached hydrogens (tertiary/aromatic N) is 7. The summed E-state index contributed by atoms with van der Waals surface area (Å²) in [6.07, 6.45) is 8.06. The van der Waals surface area contributed by atoms with Crippen molar-refractivity contribution in [2.45, 2.75) is 61.9 Å². The standard InChI is InChI=1S/C30H31N9O3S/c1-2-12-43(41,42)26-25(20-13-21-9-10-22(14-20)38(21)30(40)28-33-17-34-37-28)36-29-23(16-35-39(29)27(26)31)19-8-11-24(32-15-19)18-6-4-3-5-7-18/h3-8,11,15-17,20-22H,2,9-10,12-14,31H2,1H3,(H,33,34,37). The van der Waals surface area contributed by atoms with E-state index in [4.69, 9.17) is 10.7 Å². The minimum absolute atomic E-state index is 0.0495. The summed E-state index contributed by atoms with van der Waals surface area (Å²) < 4.78 is 28.7. The summed E-state index contributed by atoms with van der Waals surface area (Å²) in [6, 6.07) is 13.7. The van der Waals surface area contributed by atoms with E-state index in [0.717, 1.165) is 29.7 Å². The number of nitrogens with two attached hydrogens (primary N) is 1. The molecule has 3 N–H and O–H groups in total. The van der Waals surface area contributed by atoms with Crippen LogP contribution in [0.25, 0.3) is 28.0 Å². The molecule has 5 aromatic rings. The van der Waals surface area contributed by atoms with Crippen LogP contribution < -0.4 is 5.73 Å². The van der Waals surface area contributed by atoms with Crippen LogP contribution in [0.1, 0.15) is 61.3 Å². The minimum Gasteiger partial charge on any atom is -0.382 e. The van der Waals surface area contributed by atoms with Crippen LogP contribution in [-0.2, 0) is 9.84 Å². The van der Waals surface area contributed by atoms with Gasteiger partial charge in [0.2, 0.25) is 5.82 Å². The Morgan fingerprint density at radius 3 is 2.47 bits per heavy atom. The fraction of sp³-hybridized carbons (Fsp3) is 0.333. The van der Waals surface area contributed by atoms with Gasteiger partial charge in [0.05, 0.1) is 23.3 Å². The number of pyridine rings is 1. The van der Waals surface area contributed by atoms with E-state index in [9.17, 15) is 13.2 Å². The van der Waals surface area contributed by atoms with Crippen LogP contribution in [-0.4, -0.2) is 71.8 Å². The highest BCUT2D eigenvalue weighted by Crippen LogP contribution is 2.46. The molecule has 2 fully saturated rings. The number of hydrogen-bond donors (Lipinski definition) is 2. The molecule has 43 heavy (non-hydrogen) atoms. The maximum absolute atomic E-state index is 13.7. The Balaban J connectivity index is 1.30. The van der Waals surface area contributed by atoms with E-state index in [0.29, 0.717) is 36.2 Å². The van der Waals surface area contributed by atoms with E-state index in [-0.39, 0.29) is 46.2 Å². The third-order valence-electron chi connectivity index (χ3n) is 8.57. The zero-order chi connectivity index (χ0) is 29.7. The number of sulfone groups is 1. The van der Waals surface area contributed by atoms with Gasteiger partial charge in [-0.3, -0.25) is 9.78 Å². The quantitative estimate of drug-likeness (QED) is 0.283. The molecular weight excluding hydrogens is 566 g/mol. The number of nitrogens with one attached hydrogen (secondary N) is 1. The van der Waals surface area contributed by atoms with Gasteiger partial charge in [-0.05, 0) is 38.2 Å². The van der Waals surface area contributed by atoms with Gasteiger partial charge in [0, 0.05) is 40.9 Å². The van der Waals surface area contributed by atoms with E-state index < -0.39 is 9.84 Å². The molecule has 2 bridgehead atoms. The van der Waals surface area contributed by atoms with Crippen molar-refractivity contribution in [2.24, 2.45) is 0 Å². The Bertz CT molecular complexity index is 1890. The topological polar surface area (TPSA) is 165 Å². The van der Waals surface area contributed by atoms with Crippen molar-refractivity contribution in [3.05, 3.63) is 72.7 Å². The van der Waals surface area contributed by atoms with Gasteiger partial charge in [0.1, 0.15) is 17.0 Å². The minimum atomic E-state index is -3.75. The highest BCUT2D eigenvalue weighted by atomic mass is 32.2. The van der Waals surface area contributed by atoms with Crippen molar-refractivity contribution >= 4 is 27.2 Å². The van der Waals surface area contributed by atoms with Gasteiger partial charge in [0.25, 0.3) is 5.91 Å². The Labute approximate surface area is 248 Å². The highest BCUT2D eigenvalue weighted by Gasteiger charge is 2.46. The van der Waals surface area contributed by atoms with Gasteiger partial charge in [0.15, 0.2) is 15.5 Å². The molecule has 220 valence electrons. The number of piperidine rings is 1. The normalized spacial score (nSPS) is 20.1. The first-order valence-electron chi connectivity index (χ1n) is 14.5. The largest absolute Gasteiger partial charge is 0.382 e. The summed E-state index contributed by atoms with van der Waals surface area (Å²) in [5, 5.41) is 12.1. The number of carbonyl (C=O) groups excluding carboxylic acids is 1. The average Bonchev–Trinajstić information content (AvgIpc) is 3.76. The third-order valence-corrected chi connectivity index (χ3v) is 10.6. The Morgan fingerprint density at radius 2 is 1.81 bits per heavy atom. The third kappa shape index (κ3) is 4.63. The Hall–Kier alpha value is -4.65. The fourth-order valence-corrected chi connectivity index (χ4v) is 8.36. The Kier molecular flexibility index (Phi) is 6.68. The molecule has 12 nitrogen and oxygen atoms in total. The van der Waals surface area contributed by atoms with E-state index in [1.165, 1.54) is 10.8 Å². The molecule has 2 atom stereocenters. The van der Waals surface area contributed by atoms with Gasteiger partial charge in [-0.15, -0.1) is 10.2 Å². The molecular formula is C30H31N9O3S. The molecule has 7 rings (SSSR count). The van der Waals surface area contributed by atoms with Crippen LogP contribution >= 0.6 is 0 Å². The molecule has 6 heterocycles. The highest BCUT2D eigenvalue weighted by molar-refractivity contribution is 7.91. The first kappa shape index (κ1) is 27.2. The van der Waals surface area contributed by atoms with E-state index in [1.54, 1.807) is 12.4 Å². The van der Waals surface area contributed by atoms with Gasteiger partial charge in [-0.2, -0.15) is 9.61 Å². The Morgan fingerprint density at radius 1 is 1.05 bits per heavy atom. The van der Waals surface area contributed by atoms with E-state index in [1.807, 2.05) is 54.3 Å². The first-order chi connectivity index (χ1) is 20.9. The van der Waals surface area contributed by atoms with Crippen LogP contribution in [0.15, 0.2) is 66.1 Å². The number of aromatic nitrogens is 7. The predicted molar refractivity (Wildman–Crippen MR) is 160 cm³/mol. The molecule has 2 aliphatic heterocycles. The van der Waals surface area contributed by atoms with Crippen LogP contribution in [0.2, 0.25) is 0 Å². The summed E-state index contributed by atoms with van der Waals surface area (Å²) in [4.78, 5) is 27.7. The number of H-pyrrole nitrogens is 1. The molecule has 2 saturated heterocycles. The van der Waals surface area contributed by atoms with Crippen molar-refractivity contribution in [3.63, 3.8) is 0 Å². The van der Waals surface area contributed by atoms with Gasteiger partial charge < -0.3 is 15.6 Å². The second-order valence-corrected chi connectivity index (χ2v) is 13.3. The lowest BCUT2D eigenvalue weighted by Crippen LogP contribution is -2.46. The van der Waals surface area contributed by atoms with Crippen molar-refractivity contribution in [1.82, 2.24) is 39.7 Å². The SMILES string of the molecule is CCCS(=O)(=O)c1c(C2CC3CCC(C2)N3C(=O)c2nnc[nH]2)nc2c(-c3ccc(-c4ccccc4)nc3)cnn2c1N. The molecule has 0 saturated carbocycles. The van der Waals surface area contributed by atoms with Gasteiger partial charge in [-0.25, -0.2) is 13.4 Å². The summed E-state index contributed by atoms with van der Waals surface area (Å²) >= 11 is 0. The smallest absolute Gasteiger partial charge is 0.292 e. The van der Waals surface area contributed by atoms with E-state index in [2.05, 4.69) is 25.3 Å². The molecule has 4 aromatic heterocycles. The maximum atomic E-state index is 13.7. The average molecular weight is 598 g/mol. The van der Waals surface area contributed by atoms with Crippen LogP contribution in [0.4, 0.5) is 5.82 Å². The summed E-state index contributed by atoms with van der Waals surface area (Å²) in [5.74, 6) is -0.171. The number of nitrogen functional groups attached to an aromatic ring is 1.